The van der Waals surface area contributed by atoms with E-state index >= 15 is 0 Å². The van der Waals surface area contributed by atoms with E-state index in [0.29, 0.717) is 19.4 Å². The number of piperidine rings is 1. The molecule has 1 N–H and O–H groups in total. The number of hydrogen-bond acceptors (Lipinski definition) is 3. The topological polar surface area (TPSA) is 49.8 Å². The highest BCUT2D eigenvalue weighted by Gasteiger charge is 2.37. The first-order chi connectivity index (χ1) is 8.57. The van der Waals surface area contributed by atoms with Crippen LogP contribution in [0.25, 0.3) is 0 Å². The molecule has 0 aromatic carbocycles. The van der Waals surface area contributed by atoms with E-state index in [1.807, 2.05) is 20.8 Å². The van der Waals surface area contributed by atoms with E-state index in [-0.39, 0.29) is 6.10 Å². The summed E-state index contributed by atoms with van der Waals surface area (Å²) in [5.74, 6) is -0.661. The molecule has 0 bridgehead atoms. The molecule has 4 nitrogen and oxygen atoms in total. The van der Waals surface area contributed by atoms with Crippen LogP contribution in [0.1, 0.15) is 46.5 Å². The predicted octanol–water partition coefficient (Wildman–Crippen LogP) is 2.38. The van der Waals surface area contributed by atoms with Crippen molar-refractivity contribution in [3.8, 4) is 0 Å². The van der Waals surface area contributed by atoms with E-state index in [0.717, 1.165) is 32.5 Å². The summed E-state index contributed by atoms with van der Waals surface area (Å²) >= 11 is 0. The van der Waals surface area contributed by atoms with Crippen molar-refractivity contribution in [2.75, 3.05) is 26.2 Å². The zero-order valence-electron chi connectivity index (χ0n) is 11.9. The van der Waals surface area contributed by atoms with Gasteiger partial charge in [-0.05, 0) is 39.2 Å². The molecular formula is C14H27NO3. The van der Waals surface area contributed by atoms with E-state index in [1.54, 1.807) is 0 Å². The molecule has 1 unspecified atom stereocenters. The van der Waals surface area contributed by atoms with Gasteiger partial charge in [-0.2, -0.15) is 0 Å². The Morgan fingerprint density at radius 1 is 1.39 bits per heavy atom. The van der Waals surface area contributed by atoms with Crippen LogP contribution in [0.15, 0.2) is 0 Å². The number of carboxylic acid groups (broad SMARTS) is 1. The number of rotatable bonds is 7. The summed E-state index contributed by atoms with van der Waals surface area (Å²) in [7, 11) is 0. The molecule has 1 fully saturated rings. The maximum atomic E-state index is 11.5. The molecule has 0 spiro atoms. The van der Waals surface area contributed by atoms with Gasteiger partial charge in [0.15, 0.2) is 0 Å². The van der Waals surface area contributed by atoms with Crippen molar-refractivity contribution in [2.45, 2.75) is 52.6 Å². The number of nitrogens with zero attached hydrogens (tertiary/aromatic N) is 1. The Labute approximate surface area is 110 Å². The fraction of sp³-hybridized carbons (Fsp3) is 0.929. The van der Waals surface area contributed by atoms with Crippen molar-refractivity contribution in [1.29, 1.82) is 0 Å². The number of hydrogen-bond donors (Lipinski definition) is 1. The molecule has 4 heteroatoms. The zero-order valence-corrected chi connectivity index (χ0v) is 11.9. The standard InChI is InChI=1S/C14H27NO3/c1-4-14(5-2,13(16)17)11-15-9-7-8-12(10-15)18-6-3/h12H,4-11H2,1-3H3,(H,16,17). The Morgan fingerprint density at radius 2 is 2.06 bits per heavy atom. The van der Waals surface area contributed by atoms with Gasteiger partial charge in [0.2, 0.25) is 0 Å². The van der Waals surface area contributed by atoms with Gasteiger partial charge >= 0.3 is 5.97 Å². The summed E-state index contributed by atoms with van der Waals surface area (Å²) in [6.07, 6.45) is 3.86. The van der Waals surface area contributed by atoms with Gasteiger partial charge < -0.3 is 9.84 Å². The molecule has 106 valence electrons. The summed E-state index contributed by atoms with van der Waals surface area (Å²) in [5, 5.41) is 9.47. The third-order valence-electron chi connectivity index (χ3n) is 4.20. The molecule has 1 atom stereocenters. The summed E-state index contributed by atoms with van der Waals surface area (Å²) in [6.45, 7) is 9.23. The number of ether oxygens (including phenoxy) is 1. The largest absolute Gasteiger partial charge is 0.481 e. The van der Waals surface area contributed by atoms with Gasteiger partial charge in [-0.15, -0.1) is 0 Å². The van der Waals surface area contributed by atoms with E-state index in [4.69, 9.17) is 4.74 Å². The summed E-state index contributed by atoms with van der Waals surface area (Å²) in [5.41, 5.74) is -0.589. The van der Waals surface area contributed by atoms with Crippen molar-refractivity contribution in [3.63, 3.8) is 0 Å². The number of likely N-dealkylation sites (tertiary alicyclic amines) is 1. The molecule has 1 heterocycles. The average molecular weight is 257 g/mol. The van der Waals surface area contributed by atoms with Crippen molar-refractivity contribution in [3.05, 3.63) is 0 Å². The molecule has 0 aromatic rings. The highest BCUT2D eigenvalue weighted by molar-refractivity contribution is 5.74. The number of carboxylic acids is 1. The molecule has 0 saturated carbocycles. The Kier molecular flexibility index (Phi) is 6.09. The predicted molar refractivity (Wildman–Crippen MR) is 71.7 cm³/mol. The lowest BCUT2D eigenvalue weighted by molar-refractivity contribution is -0.151. The second-order valence-electron chi connectivity index (χ2n) is 5.25. The maximum Gasteiger partial charge on any atom is 0.310 e. The van der Waals surface area contributed by atoms with Crippen LogP contribution in [-0.4, -0.2) is 48.3 Å². The van der Waals surface area contributed by atoms with Gasteiger partial charge in [0.1, 0.15) is 0 Å². The molecule has 0 radical (unpaired) electrons. The van der Waals surface area contributed by atoms with Crippen LogP contribution in [0.4, 0.5) is 0 Å². The molecule has 1 rings (SSSR count). The van der Waals surface area contributed by atoms with Crippen molar-refractivity contribution in [2.24, 2.45) is 5.41 Å². The van der Waals surface area contributed by atoms with Crippen LogP contribution < -0.4 is 0 Å². The Morgan fingerprint density at radius 3 is 2.56 bits per heavy atom. The van der Waals surface area contributed by atoms with Gasteiger partial charge in [-0.25, -0.2) is 0 Å². The van der Waals surface area contributed by atoms with Crippen LogP contribution >= 0.6 is 0 Å². The Bertz CT molecular complexity index is 262. The molecule has 1 saturated heterocycles. The molecule has 18 heavy (non-hydrogen) atoms. The normalized spacial score (nSPS) is 22.1. The van der Waals surface area contributed by atoms with Crippen molar-refractivity contribution < 1.29 is 14.6 Å². The SMILES string of the molecule is CCOC1CCCN(CC(CC)(CC)C(=O)O)C1. The van der Waals surface area contributed by atoms with Crippen LogP contribution in [0, 0.1) is 5.41 Å². The van der Waals surface area contributed by atoms with Crippen LogP contribution in [0.2, 0.25) is 0 Å². The molecule has 1 aliphatic heterocycles. The van der Waals surface area contributed by atoms with Gasteiger partial charge in [-0.1, -0.05) is 13.8 Å². The zero-order chi connectivity index (χ0) is 13.6. The van der Waals surface area contributed by atoms with E-state index in [2.05, 4.69) is 4.90 Å². The quantitative estimate of drug-likeness (QED) is 0.760. The minimum atomic E-state index is -0.661. The monoisotopic (exact) mass is 257 g/mol. The van der Waals surface area contributed by atoms with Gasteiger partial charge in [-0.3, -0.25) is 9.69 Å². The molecule has 0 amide bonds. The second-order valence-corrected chi connectivity index (χ2v) is 5.25. The van der Waals surface area contributed by atoms with Gasteiger partial charge in [0, 0.05) is 19.7 Å². The van der Waals surface area contributed by atoms with Crippen LogP contribution in [-0.2, 0) is 9.53 Å². The van der Waals surface area contributed by atoms with E-state index in [1.165, 1.54) is 0 Å². The Hall–Kier alpha value is -0.610. The lowest BCUT2D eigenvalue weighted by Crippen LogP contribution is -2.48. The van der Waals surface area contributed by atoms with E-state index in [9.17, 15) is 9.90 Å². The van der Waals surface area contributed by atoms with Crippen LogP contribution in [0.3, 0.4) is 0 Å². The van der Waals surface area contributed by atoms with Gasteiger partial charge in [0.05, 0.1) is 11.5 Å². The lowest BCUT2D eigenvalue weighted by atomic mass is 9.81. The first-order valence-electron chi connectivity index (χ1n) is 7.15. The summed E-state index contributed by atoms with van der Waals surface area (Å²) in [4.78, 5) is 13.8. The minimum Gasteiger partial charge on any atom is -0.481 e. The summed E-state index contributed by atoms with van der Waals surface area (Å²) in [6, 6.07) is 0. The van der Waals surface area contributed by atoms with Crippen molar-refractivity contribution >= 4 is 5.97 Å². The maximum absolute atomic E-state index is 11.5. The fourth-order valence-corrected chi connectivity index (χ4v) is 2.80. The molecule has 1 aliphatic rings. The average Bonchev–Trinajstić information content (AvgIpc) is 2.36. The van der Waals surface area contributed by atoms with E-state index < -0.39 is 11.4 Å². The van der Waals surface area contributed by atoms with Gasteiger partial charge in [0.25, 0.3) is 0 Å². The van der Waals surface area contributed by atoms with Crippen LogP contribution in [0.5, 0.6) is 0 Å². The molecule has 0 aliphatic carbocycles. The highest BCUT2D eigenvalue weighted by Crippen LogP contribution is 2.29. The molecular weight excluding hydrogens is 230 g/mol. The number of carbonyl (C=O) groups is 1. The Balaban J connectivity index is 2.61. The first kappa shape index (κ1) is 15.4. The minimum absolute atomic E-state index is 0.281. The lowest BCUT2D eigenvalue weighted by Gasteiger charge is -2.38. The third kappa shape index (κ3) is 3.69. The fourth-order valence-electron chi connectivity index (χ4n) is 2.80. The first-order valence-corrected chi connectivity index (χ1v) is 7.15. The number of aliphatic carboxylic acids is 1. The third-order valence-corrected chi connectivity index (χ3v) is 4.20. The summed E-state index contributed by atoms with van der Waals surface area (Å²) < 4.78 is 5.67. The molecule has 0 aromatic heterocycles. The smallest absolute Gasteiger partial charge is 0.310 e. The highest BCUT2D eigenvalue weighted by atomic mass is 16.5. The van der Waals surface area contributed by atoms with Crippen molar-refractivity contribution in [1.82, 2.24) is 4.90 Å². The second kappa shape index (κ2) is 7.10.